The van der Waals surface area contributed by atoms with Gasteiger partial charge in [-0.05, 0) is 32.8 Å². The van der Waals surface area contributed by atoms with Gasteiger partial charge >= 0.3 is 5.97 Å². The van der Waals surface area contributed by atoms with Gasteiger partial charge in [-0.3, -0.25) is 4.68 Å². The van der Waals surface area contributed by atoms with Crippen molar-refractivity contribution < 1.29 is 9.90 Å². The first kappa shape index (κ1) is 12.1. The molecule has 1 heterocycles. The van der Waals surface area contributed by atoms with E-state index in [-0.39, 0.29) is 11.7 Å². The van der Waals surface area contributed by atoms with Crippen LogP contribution in [0.5, 0.6) is 0 Å². The third-order valence-electron chi connectivity index (χ3n) is 3.17. The van der Waals surface area contributed by atoms with E-state index in [2.05, 4.69) is 10.4 Å². The summed E-state index contributed by atoms with van der Waals surface area (Å²) in [6.45, 7) is 4.52. The molecule has 0 unspecified atom stereocenters. The van der Waals surface area contributed by atoms with Crippen molar-refractivity contribution in [2.45, 2.75) is 51.7 Å². The highest BCUT2D eigenvalue weighted by Crippen LogP contribution is 2.19. The molecule has 1 aromatic rings. The second-order valence-corrected chi connectivity index (χ2v) is 4.87. The van der Waals surface area contributed by atoms with Crippen LogP contribution < -0.4 is 5.32 Å². The van der Waals surface area contributed by atoms with Crippen molar-refractivity contribution in [1.29, 1.82) is 0 Å². The van der Waals surface area contributed by atoms with Crippen LogP contribution in [-0.4, -0.2) is 26.9 Å². The maximum Gasteiger partial charge on any atom is 0.354 e. The van der Waals surface area contributed by atoms with Crippen LogP contribution >= 0.6 is 0 Å². The van der Waals surface area contributed by atoms with Crippen LogP contribution in [0.2, 0.25) is 0 Å². The quantitative estimate of drug-likeness (QED) is 0.819. The van der Waals surface area contributed by atoms with E-state index in [0.717, 1.165) is 5.69 Å². The zero-order valence-corrected chi connectivity index (χ0v) is 10.3. The van der Waals surface area contributed by atoms with E-state index >= 15 is 0 Å². The van der Waals surface area contributed by atoms with Crippen LogP contribution in [-0.2, 0) is 6.54 Å². The Hall–Kier alpha value is -1.36. The van der Waals surface area contributed by atoms with E-state index in [4.69, 9.17) is 5.11 Å². The van der Waals surface area contributed by atoms with E-state index in [1.807, 2.05) is 13.8 Å². The molecular formula is C12H19N3O2. The highest BCUT2D eigenvalue weighted by molar-refractivity contribution is 5.85. The lowest BCUT2D eigenvalue weighted by Crippen LogP contribution is -2.34. The summed E-state index contributed by atoms with van der Waals surface area (Å²) in [6, 6.07) is 2.32. The summed E-state index contributed by atoms with van der Waals surface area (Å²) in [6.07, 6.45) is 3.73. The molecule has 0 radical (unpaired) electrons. The van der Waals surface area contributed by atoms with Gasteiger partial charge in [0, 0.05) is 18.6 Å². The van der Waals surface area contributed by atoms with Gasteiger partial charge in [-0.2, -0.15) is 5.10 Å². The maximum atomic E-state index is 11.1. The maximum absolute atomic E-state index is 11.1. The van der Waals surface area contributed by atoms with E-state index in [0.29, 0.717) is 12.6 Å². The minimum absolute atomic E-state index is 0.0681. The van der Waals surface area contributed by atoms with Crippen molar-refractivity contribution in [3.8, 4) is 0 Å². The van der Waals surface area contributed by atoms with Crippen molar-refractivity contribution in [2.75, 3.05) is 0 Å². The topological polar surface area (TPSA) is 67.2 Å². The van der Waals surface area contributed by atoms with Gasteiger partial charge in [0.05, 0.1) is 5.69 Å². The van der Waals surface area contributed by atoms with Gasteiger partial charge in [0.15, 0.2) is 0 Å². The molecular weight excluding hydrogens is 218 g/mol. The minimum Gasteiger partial charge on any atom is -0.477 e. The van der Waals surface area contributed by atoms with Crippen molar-refractivity contribution in [1.82, 2.24) is 15.1 Å². The first-order chi connectivity index (χ1) is 8.08. The number of aromatic nitrogens is 2. The summed E-state index contributed by atoms with van der Waals surface area (Å²) in [7, 11) is 0. The molecule has 1 aliphatic carbocycles. The number of hydrogen-bond acceptors (Lipinski definition) is 3. The van der Waals surface area contributed by atoms with Crippen LogP contribution in [0.4, 0.5) is 0 Å². The van der Waals surface area contributed by atoms with Crippen LogP contribution in [0.25, 0.3) is 0 Å². The molecule has 2 N–H and O–H groups in total. The Kier molecular flexibility index (Phi) is 3.47. The standard InChI is InChI=1S/C12H19N3O2/c1-8(2)15-11(12(16)17)6-10(14-15)7-13-9-4-3-5-9/h6,8-9,13H,3-5,7H2,1-2H3,(H,16,17). The zero-order chi connectivity index (χ0) is 12.4. The predicted molar refractivity (Wildman–Crippen MR) is 64.1 cm³/mol. The number of carboxylic acids is 1. The monoisotopic (exact) mass is 237 g/mol. The number of nitrogens with one attached hydrogen (secondary N) is 1. The fraction of sp³-hybridized carbons (Fsp3) is 0.667. The molecule has 1 aliphatic rings. The van der Waals surface area contributed by atoms with Crippen molar-refractivity contribution in [3.05, 3.63) is 17.5 Å². The van der Waals surface area contributed by atoms with Gasteiger partial charge in [-0.25, -0.2) is 4.79 Å². The second kappa shape index (κ2) is 4.87. The molecule has 0 bridgehead atoms. The molecule has 0 amide bonds. The van der Waals surface area contributed by atoms with Crippen molar-refractivity contribution in [3.63, 3.8) is 0 Å². The normalized spacial score (nSPS) is 16.2. The zero-order valence-electron chi connectivity index (χ0n) is 10.3. The number of carbonyl (C=O) groups is 1. The fourth-order valence-corrected chi connectivity index (χ4v) is 1.95. The highest BCUT2D eigenvalue weighted by atomic mass is 16.4. The SMILES string of the molecule is CC(C)n1nc(CNC2CCC2)cc1C(=O)O. The van der Waals surface area contributed by atoms with Crippen molar-refractivity contribution in [2.24, 2.45) is 0 Å². The molecule has 0 spiro atoms. The largest absolute Gasteiger partial charge is 0.477 e. The molecule has 17 heavy (non-hydrogen) atoms. The first-order valence-corrected chi connectivity index (χ1v) is 6.13. The van der Waals surface area contributed by atoms with Crippen LogP contribution in [0.15, 0.2) is 6.07 Å². The smallest absolute Gasteiger partial charge is 0.354 e. The molecule has 1 saturated carbocycles. The fourth-order valence-electron chi connectivity index (χ4n) is 1.95. The van der Waals surface area contributed by atoms with Gasteiger partial charge in [0.1, 0.15) is 5.69 Å². The lowest BCUT2D eigenvalue weighted by molar-refractivity contribution is 0.0681. The lowest BCUT2D eigenvalue weighted by Gasteiger charge is -2.26. The predicted octanol–water partition coefficient (Wildman–Crippen LogP) is 1.80. The average molecular weight is 237 g/mol. The van der Waals surface area contributed by atoms with E-state index in [1.165, 1.54) is 19.3 Å². The van der Waals surface area contributed by atoms with E-state index in [1.54, 1.807) is 10.7 Å². The summed E-state index contributed by atoms with van der Waals surface area (Å²) < 4.78 is 1.57. The summed E-state index contributed by atoms with van der Waals surface area (Å²) in [5.41, 5.74) is 1.08. The number of carboxylic acid groups (broad SMARTS) is 1. The summed E-state index contributed by atoms with van der Waals surface area (Å²) in [5.74, 6) is -0.916. The lowest BCUT2D eigenvalue weighted by atomic mass is 9.93. The van der Waals surface area contributed by atoms with Crippen LogP contribution in [0.1, 0.15) is 55.3 Å². The molecule has 5 heteroatoms. The number of rotatable bonds is 5. The number of nitrogens with zero attached hydrogens (tertiary/aromatic N) is 2. The minimum atomic E-state index is -0.916. The van der Waals surface area contributed by atoms with Gasteiger partial charge in [-0.1, -0.05) is 6.42 Å². The molecule has 0 aliphatic heterocycles. The molecule has 5 nitrogen and oxygen atoms in total. The van der Waals surface area contributed by atoms with Gasteiger partial charge in [0.2, 0.25) is 0 Å². The molecule has 2 rings (SSSR count). The van der Waals surface area contributed by atoms with Gasteiger partial charge in [0.25, 0.3) is 0 Å². The Balaban J connectivity index is 2.06. The summed E-state index contributed by atoms with van der Waals surface area (Å²) >= 11 is 0. The Morgan fingerprint density at radius 3 is 2.76 bits per heavy atom. The highest BCUT2D eigenvalue weighted by Gasteiger charge is 2.19. The Morgan fingerprint density at radius 1 is 1.65 bits per heavy atom. The molecule has 0 aromatic carbocycles. The summed E-state index contributed by atoms with van der Waals surface area (Å²) in [4.78, 5) is 11.1. The van der Waals surface area contributed by atoms with E-state index < -0.39 is 5.97 Å². The van der Waals surface area contributed by atoms with E-state index in [9.17, 15) is 4.79 Å². The Labute approximate surface area is 101 Å². The van der Waals surface area contributed by atoms with Crippen molar-refractivity contribution >= 4 is 5.97 Å². The van der Waals surface area contributed by atoms with Gasteiger partial charge in [-0.15, -0.1) is 0 Å². The third kappa shape index (κ3) is 2.66. The van der Waals surface area contributed by atoms with Gasteiger partial charge < -0.3 is 10.4 Å². The number of aromatic carboxylic acids is 1. The van der Waals surface area contributed by atoms with Crippen LogP contribution in [0.3, 0.4) is 0 Å². The first-order valence-electron chi connectivity index (χ1n) is 6.13. The average Bonchev–Trinajstić information content (AvgIpc) is 2.59. The molecule has 94 valence electrons. The second-order valence-electron chi connectivity index (χ2n) is 4.87. The number of hydrogen-bond donors (Lipinski definition) is 2. The van der Waals surface area contributed by atoms with Crippen LogP contribution in [0, 0.1) is 0 Å². The summed E-state index contributed by atoms with van der Waals surface area (Å²) in [5, 5.41) is 16.8. The molecule has 1 fully saturated rings. The Bertz CT molecular complexity index is 408. The molecule has 1 aromatic heterocycles. The molecule has 0 atom stereocenters. The molecule has 0 saturated heterocycles. The Morgan fingerprint density at radius 2 is 2.35 bits per heavy atom. The third-order valence-corrected chi connectivity index (χ3v) is 3.17.